The molecule has 3 heterocycles. The van der Waals surface area contributed by atoms with Crippen LogP contribution in [0.2, 0.25) is 0 Å². The molecule has 1 N–H and O–H groups in total. The summed E-state index contributed by atoms with van der Waals surface area (Å²) in [7, 11) is 0. The Morgan fingerprint density at radius 1 is 1.07 bits per heavy atom. The number of aromatic nitrogens is 3. The van der Waals surface area contributed by atoms with E-state index in [4.69, 9.17) is 4.98 Å². The van der Waals surface area contributed by atoms with Crippen molar-refractivity contribution in [2.75, 3.05) is 25.0 Å². The molecule has 0 atom stereocenters. The summed E-state index contributed by atoms with van der Waals surface area (Å²) < 4.78 is 0. The number of hydrogen-bond donors (Lipinski definition) is 1. The number of aryl methyl sites for hydroxylation is 2. The lowest BCUT2D eigenvalue weighted by Gasteiger charge is -2.31. The molecule has 1 fully saturated rings. The second-order valence-corrected chi connectivity index (χ2v) is 8.67. The molecule has 0 radical (unpaired) electrons. The highest BCUT2D eigenvalue weighted by Crippen LogP contribution is 2.28. The van der Waals surface area contributed by atoms with E-state index in [1.165, 1.54) is 10.4 Å². The maximum Gasteiger partial charge on any atom is 0.188 e. The molecule has 4 rings (SSSR count). The number of thiazole rings is 1. The van der Waals surface area contributed by atoms with Gasteiger partial charge in [-0.1, -0.05) is 30.3 Å². The molecule has 1 saturated heterocycles. The Hall–Kier alpha value is -2.31. The lowest BCUT2D eigenvalue weighted by Crippen LogP contribution is -2.34. The summed E-state index contributed by atoms with van der Waals surface area (Å²) in [6, 6.07) is 10.7. The minimum Gasteiger partial charge on any atom is -0.315 e. The lowest BCUT2D eigenvalue weighted by molar-refractivity contribution is 0.213. The first kappa shape index (κ1) is 19.0. The van der Waals surface area contributed by atoms with Crippen molar-refractivity contribution in [2.24, 2.45) is 0 Å². The van der Waals surface area contributed by atoms with Crippen molar-refractivity contribution < 1.29 is 0 Å². The summed E-state index contributed by atoms with van der Waals surface area (Å²) in [6.07, 6.45) is 7.11. The number of anilines is 2. The van der Waals surface area contributed by atoms with Crippen LogP contribution in [0.25, 0.3) is 0 Å². The van der Waals surface area contributed by atoms with E-state index in [1.807, 2.05) is 13.1 Å². The average Bonchev–Trinajstić information content (AvgIpc) is 3.04. The molecule has 28 heavy (non-hydrogen) atoms. The fourth-order valence-corrected chi connectivity index (χ4v) is 4.48. The minimum atomic E-state index is 0.488. The third kappa shape index (κ3) is 4.75. The van der Waals surface area contributed by atoms with Gasteiger partial charge in [-0.15, -0.1) is 11.3 Å². The zero-order valence-corrected chi connectivity index (χ0v) is 17.4. The van der Waals surface area contributed by atoms with E-state index < -0.39 is 0 Å². The summed E-state index contributed by atoms with van der Waals surface area (Å²) in [4.78, 5) is 17.6. The van der Waals surface area contributed by atoms with Crippen molar-refractivity contribution >= 4 is 22.3 Å². The first-order valence-electron chi connectivity index (χ1n) is 9.96. The molecule has 3 aromatic rings. The number of likely N-dealkylation sites (tertiary alicyclic amines) is 1. The largest absolute Gasteiger partial charge is 0.315 e. The van der Waals surface area contributed by atoms with Crippen molar-refractivity contribution in [3.63, 3.8) is 0 Å². The Labute approximate surface area is 170 Å². The van der Waals surface area contributed by atoms with Gasteiger partial charge in [-0.2, -0.15) is 0 Å². The number of nitrogens with one attached hydrogen (secondary N) is 1. The molecular weight excluding hydrogens is 366 g/mol. The monoisotopic (exact) mass is 393 g/mol. The molecule has 1 aromatic carbocycles. The van der Waals surface area contributed by atoms with Crippen LogP contribution in [0.4, 0.5) is 10.9 Å². The fraction of sp³-hybridized carbons (Fsp3) is 0.409. The Balaban J connectivity index is 1.32. The van der Waals surface area contributed by atoms with Gasteiger partial charge in [-0.05, 0) is 51.8 Å². The smallest absolute Gasteiger partial charge is 0.188 e. The van der Waals surface area contributed by atoms with Gasteiger partial charge in [-0.3, -0.25) is 4.98 Å². The van der Waals surface area contributed by atoms with Gasteiger partial charge in [0.05, 0.1) is 17.6 Å². The third-order valence-electron chi connectivity index (χ3n) is 5.48. The van der Waals surface area contributed by atoms with Crippen molar-refractivity contribution in [3.05, 3.63) is 64.6 Å². The summed E-state index contributed by atoms with van der Waals surface area (Å²) in [5.41, 5.74) is 3.58. The molecule has 5 nitrogen and oxygen atoms in total. The van der Waals surface area contributed by atoms with Crippen LogP contribution in [-0.4, -0.2) is 39.5 Å². The third-order valence-corrected chi connectivity index (χ3v) is 6.47. The molecular formula is C22H27N5S. The molecule has 1 aliphatic rings. The van der Waals surface area contributed by atoms with E-state index in [-0.39, 0.29) is 0 Å². The van der Waals surface area contributed by atoms with Crippen molar-refractivity contribution in [3.8, 4) is 0 Å². The van der Waals surface area contributed by atoms with Crippen LogP contribution in [-0.2, 0) is 6.42 Å². The number of nitrogens with zero attached hydrogens (tertiary/aromatic N) is 4. The zero-order valence-electron chi connectivity index (χ0n) is 16.6. The van der Waals surface area contributed by atoms with Gasteiger partial charge in [0.25, 0.3) is 0 Å². The quantitative estimate of drug-likeness (QED) is 0.657. The standard InChI is InChI=1S/C22H27N5S/c1-16-17(2)28-22(24-16)26-21-15-23-14-20(25-21)19-9-12-27(13-10-19)11-8-18-6-4-3-5-7-18/h3-7,14-15,19H,8-13H2,1-2H3,(H,24,25,26). The average molecular weight is 394 g/mol. The predicted octanol–water partition coefficient (Wildman–Crippen LogP) is 4.72. The highest BCUT2D eigenvalue weighted by molar-refractivity contribution is 7.15. The summed E-state index contributed by atoms with van der Waals surface area (Å²) in [6.45, 7) is 7.51. The van der Waals surface area contributed by atoms with Crippen molar-refractivity contribution in [2.45, 2.75) is 39.0 Å². The van der Waals surface area contributed by atoms with Crippen LogP contribution < -0.4 is 5.32 Å². The molecule has 0 aliphatic carbocycles. The van der Waals surface area contributed by atoms with E-state index in [1.54, 1.807) is 17.5 Å². The van der Waals surface area contributed by atoms with Crippen LogP contribution in [0.1, 0.15) is 40.6 Å². The zero-order chi connectivity index (χ0) is 19.3. The van der Waals surface area contributed by atoms with E-state index in [0.717, 1.165) is 61.2 Å². The first-order chi connectivity index (χ1) is 13.7. The Bertz CT molecular complexity index is 881. The minimum absolute atomic E-state index is 0.488. The molecule has 0 bridgehead atoms. The fourth-order valence-electron chi connectivity index (χ4n) is 3.66. The van der Waals surface area contributed by atoms with Crippen LogP contribution in [0.3, 0.4) is 0 Å². The Morgan fingerprint density at radius 2 is 1.86 bits per heavy atom. The van der Waals surface area contributed by atoms with Gasteiger partial charge >= 0.3 is 0 Å². The molecule has 0 spiro atoms. The summed E-state index contributed by atoms with van der Waals surface area (Å²) in [5.74, 6) is 1.28. The summed E-state index contributed by atoms with van der Waals surface area (Å²) >= 11 is 1.66. The molecule has 1 aliphatic heterocycles. The van der Waals surface area contributed by atoms with Crippen LogP contribution in [0, 0.1) is 13.8 Å². The molecule has 2 aromatic heterocycles. The summed E-state index contributed by atoms with van der Waals surface area (Å²) in [5, 5.41) is 4.20. The van der Waals surface area contributed by atoms with Gasteiger partial charge in [0.2, 0.25) is 0 Å². The highest BCUT2D eigenvalue weighted by atomic mass is 32.1. The van der Waals surface area contributed by atoms with E-state index in [2.05, 4.69) is 57.4 Å². The molecule has 0 saturated carbocycles. The van der Waals surface area contributed by atoms with E-state index in [0.29, 0.717) is 5.92 Å². The molecule has 6 heteroatoms. The van der Waals surface area contributed by atoms with Crippen LogP contribution in [0.15, 0.2) is 42.7 Å². The topological polar surface area (TPSA) is 53.9 Å². The molecule has 146 valence electrons. The lowest BCUT2D eigenvalue weighted by atomic mass is 9.93. The van der Waals surface area contributed by atoms with Crippen molar-refractivity contribution in [1.82, 2.24) is 19.9 Å². The van der Waals surface area contributed by atoms with E-state index >= 15 is 0 Å². The van der Waals surface area contributed by atoms with Gasteiger partial charge in [0.15, 0.2) is 10.9 Å². The van der Waals surface area contributed by atoms with Gasteiger partial charge in [-0.25, -0.2) is 9.97 Å². The Morgan fingerprint density at radius 3 is 2.57 bits per heavy atom. The predicted molar refractivity (Wildman–Crippen MR) is 115 cm³/mol. The van der Waals surface area contributed by atoms with Gasteiger partial charge < -0.3 is 10.2 Å². The number of piperidine rings is 1. The van der Waals surface area contributed by atoms with Crippen LogP contribution in [0.5, 0.6) is 0 Å². The molecule has 0 amide bonds. The number of rotatable bonds is 6. The molecule has 0 unspecified atom stereocenters. The van der Waals surface area contributed by atoms with Crippen LogP contribution >= 0.6 is 11.3 Å². The second kappa shape index (κ2) is 8.80. The Kier molecular flexibility index (Phi) is 5.98. The maximum absolute atomic E-state index is 4.82. The SMILES string of the molecule is Cc1nc(Nc2cncc(C3CCN(CCc4ccccc4)CC3)n2)sc1C. The number of hydrogen-bond acceptors (Lipinski definition) is 6. The van der Waals surface area contributed by atoms with Gasteiger partial charge in [0.1, 0.15) is 0 Å². The van der Waals surface area contributed by atoms with Gasteiger partial charge in [0, 0.05) is 23.5 Å². The van der Waals surface area contributed by atoms with E-state index in [9.17, 15) is 0 Å². The number of benzene rings is 1. The first-order valence-corrected chi connectivity index (χ1v) is 10.8. The maximum atomic E-state index is 4.82. The highest BCUT2D eigenvalue weighted by Gasteiger charge is 2.22. The second-order valence-electron chi connectivity index (χ2n) is 7.47. The van der Waals surface area contributed by atoms with Crippen molar-refractivity contribution in [1.29, 1.82) is 0 Å². The normalized spacial score (nSPS) is 15.6.